The van der Waals surface area contributed by atoms with E-state index in [9.17, 15) is 0 Å². The lowest BCUT2D eigenvalue weighted by molar-refractivity contribution is 0.0328. The Morgan fingerprint density at radius 2 is 1.70 bits per heavy atom. The van der Waals surface area contributed by atoms with Gasteiger partial charge in [0.1, 0.15) is 0 Å². The average molecular weight is 267 g/mol. The molecule has 0 spiro atoms. The molecule has 1 aliphatic rings. The van der Waals surface area contributed by atoms with Gasteiger partial charge in [0.2, 0.25) is 0 Å². The number of hydrogen-bond acceptors (Lipinski definition) is 2. The van der Waals surface area contributed by atoms with Gasteiger partial charge in [-0.05, 0) is 36.5 Å². The molecule has 1 aliphatic carbocycles. The first-order valence-corrected chi connectivity index (χ1v) is 7.26. The summed E-state index contributed by atoms with van der Waals surface area (Å²) in [5.74, 6) is 0. The van der Waals surface area contributed by atoms with Crippen molar-refractivity contribution in [1.29, 1.82) is 0 Å². The SMILES string of the molecule is COC1CC(Nc2ccccc2Cc2ccccc2)C1. The van der Waals surface area contributed by atoms with Gasteiger partial charge >= 0.3 is 0 Å². The fraction of sp³-hybridized carbons (Fsp3) is 0.333. The minimum absolute atomic E-state index is 0.439. The normalized spacial score (nSPS) is 21.2. The lowest BCUT2D eigenvalue weighted by Gasteiger charge is -2.35. The molecule has 104 valence electrons. The Balaban J connectivity index is 1.69. The molecule has 20 heavy (non-hydrogen) atoms. The van der Waals surface area contributed by atoms with E-state index in [-0.39, 0.29) is 0 Å². The van der Waals surface area contributed by atoms with Crippen LogP contribution in [0, 0.1) is 0 Å². The highest BCUT2D eigenvalue weighted by Gasteiger charge is 2.29. The fourth-order valence-corrected chi connectivity index (χ4v) is 2.73. The molecule has 2 heteroatoms. The molecule has 0 aliphatic heterocycles. The first kappa shape index (κ1) is 13.2. The van der Waals surface area contributed by atoms with Gasteiger partial charge in [-0.2, -0.15) is 0 Å². The maximum absolute atomic E-state index is 5.34. The fourth-order valence-electron chi connectivity index (χ4n) is 2.73. The lowest BCUT2D eigenvalue weighted by Crippen LogP contribution is -2.40. The summed E-state index contributed by atoms with van der Waals surface area (Å²) in [4.78, 5) is 0. The number of para-hydroxylation sites is 1. The van der Waals surface area contributed by atoms with Crippen LogP contribution in [0.3, 0.4) is 0 Å². The van der Waals surface area contributed by atoms with Gasteiger partial charge in [-0.25, -0.2) is 0 Å². The number of hydrogen-bond donors (Lipinski definition) is 1. The highest BCUT2D eigenvalue weighted by molar-refractivity contribution is 5.53. The summed E-state index contributed by atoms with van der Waals surface area (Å²) in [5, 5.41) is 3.65. The third-order valence-corrected chi connectivity index (χ3v) is 4.04. The van der Waals surface area contributed by atoms with Crippen LogP contribution in [0.1, 0.15) is 24.0 Å². The molecule has 2 nitrogen and oxygen atoms in total. The first-order chi connectivity index (χ1) is 9.85. The van der Waals surface area contributed by atoms with Crippen molar-refractivity contribution in [3.05, 3.63) is 65.7 Å². The molecule has 0 atom stereocenters. The van der Waals surface area contributed by atoms with Gasteiger partial charge in [0, 0.05) is 18.8 Å². The summed E-state index contributed by atoms with van der Waals surface area (Å²) >= 11 is 0. The van der Waals surface area contributed by atoms with Crippen LogP contribution in [-0.2, 0) is 11.2 Å². The van der Waals surface area contributed by atoms with E-state index in [2.05, 4.69) is 59.9 Å². The highest BCUT2D eigenvalue weighted by atomic mass is 16.5. The van der Waals surface area contributed by atoms with Crippen molar-refractivity contribution in [2.75, 3.05) is 12.4 Å². The van der Waals surface area contributed by atoms with Crippen molar-refractivity contribution in [3.8, 4) is 0 Å². The molecule has 0 bridgehead atoms. The molecule has 0 amide bonds. The predicted molar refractivity (Wildman–Crippen MR) is 83.1 cm³/mol. The number of benzene rings is 2. The molecule has 0 heterocycles. The molecule has 0 unspecified atom stereocenters. The second kappa shape index (κ2) is 6.10. The molecule has 0 saturated heterocycles. The molecular formula is C18H21NO. The molecular weight excluding hydrogens is 246 g/mol. The third-order valence-electron chi connectivity index (χ3n) is 4.04. The van der Waals surface area contributed by atoms with Gasteiger partial charge in [0.05, 0.1) is 6.10 Å². The maximum Gasteiger partial charge on any atom is 0.0610 e. The number of rotatable bonds is 5. The van der Waals surface area contributed by atoms with E-state index in [1.165, 1.54) is 16.8 Å². The van der Waals surface area contributed by atoms with Gasteiger partial charge in [-0.15, -0.1) is 0 Å². The number of anilines is 1. The number of methoxy groups -OCH3 is 1. The summed E-state index contributed by atoms with van der Waals surface area (Å²) in [6.07, 6.45) is 3.63. The molecule has 1 saturated carbocycles. The molecule has 2 aromatic rings. The van der Waals surface area contributed by atoms with Gasteiger partial charge in [0.25, 0.3) is 0 Å². The van der Waals surface area contributed by atoms with Crippen LogP contribution in [0.5, 0.6) is 0 Å². The van der Waals surface area contributed by atoms with Crippen LogP contribution < -0.4 is 5.32 Å². The van der Waals surface area contributed by atoms with Crippen LogP contribution in [0.15, 0.2) is 54.6 Å². The minimum Gasteiger partial charge on any atom is -0.382 e. The molecule has 0 aromatic heterocycles. The van der Waals surface area contributed by atoms with Gasteiger partial charge in [0.15, 0.2) is 0 Å². The monoisotopic (exact) mass is 267 g/mol. The minimum atomic E-state index is 0.439. The number of nitrogens with one attached hydrogen (secondary N) is 1. The van der Waals surface area contributed by atoms with E-state index in [1.807, 2.05) is 0 Å². The molecule has 0 radical (unpaired) electrons. The summed E-state index contributed by atoms with van der Waals surface area (Å²) in [7, 11) is 1.80. The maximum atomic E-state index is 5.34. The van der Waals surface area contributed by atoms with Gasteiger partial charge in [-0.3, -0.25) is 0 Å². The van der Waals surface area contributed by atoms with Gasteiger partial charge < -0.3 is 10.1 Å². The zero-order valence-electron chi connectivity index (χ0n) is 11.9. The topological polar surface area (TPSA) is 21.3 Å². The molecule has 1 N–H and O–H groups in total. The molecule has 2 aromatic carbocycles. The van der Waals surface area contributed by atoms with E-state index < -0.39 is 0 Å². The van der Waals surface area contributed by atoms with Crippen molar-refractivity contribution < 1.29 is 4.74 Å². The summed E-state index contributed by atoms with van der Waals surface area (Å²) < 4.78 is 5.34. The Labute approximate surface area is 120 Å². The Morgan fingerprint density at radius 3 is 2.45 bits per heavy atom. The van der Waals surface area contributed by atoms with Crippen LogP contribution in [0.2, 0.25) is 0 Å². The zero-order valence-corrected chi connectivity index (χ0v) is 11.9. The van der Waals surface area contributed by atoms with Crippen LogP contribution in [0.4, 0.5) is 5.69 Å². The standard InChI is InChI=1S/C18H21NO/c1-20-17-12-16(13-17)19-18-10-6-5-9-15(18)11-14-7-3-2-4-8-14/h2-10,16-17,19H,11-13H2,1H3. The van der Waals surface area contributed by atoms with Crippen molar-refractivity contribution in [1.82, 2.24) is 0 Å². The smallest absolute Gasteiger partial charge is 0.0610 e. The number of ether oxygens (including phenoxy) is 1. The zero-order chi connectivity index (χ0) is 13.8. The summed E-state index contributed by atoms with van der Waals surface area (Å²) in [5.41, 5.74) is 3.97. The molecule has 1 fully saturated rings. The Hall–Kier alpha value is -1.80. The van der Waals surface area contributed by atoms with E-state index in [4.69, 9.17) is 4.74 Å². The van der Waals surface area contributed by atoms with Crippen molar-refractivity contribution in [3.63, 3.8) is 0 Å². The van der Waals surface area contributed by atoms with Crippen molar-refractivity contribution in [2.24, 2.45) is 0 Å². The van der Waals surface area contributed by atoms with Crippen LogP contribution in [0.25, 0.3) is 0 Å². The lowest BCUT2D eigenvalue weighted by atomic mass is 9.88. The highest BCUT2D eigenvalue weighted by Crippen LogP contribution is 2.28. The Kier molecular flexibility index (Phi) is 4.03. The first-order valence-electron chi connectivity index (χ1n) is 7.26. The largest absolute Gasteiger partial charge is 0.382 e. The van der Waals surface area contributed by atoms with E-state index in [1.54, 1.807) is 7.11 Å². The predicted octanol–water partition coefficient (Wildman–Crippen LogP) is 3.87. The van der Waals surface area contributed by atoms with E-state index in [0.29, 0.717) is 12.1 Å². The summed E-state index contributed by atoms with van der Waals surface area (Å²) in [6.45, 7) is 0. The average Bonchev–Trinajstić information content (AvgIpc) is 2.45. The van der Waals surface area contributed by atoms with E-state index in [0.717, 1.165) is 19.3 Å². The van der Waals surface area contributed by atoms with E-state index >= 15 is 0 Å². The molecule has 3 rings (SSSR count). The van der Waals surface area contributed by atoms with Crippen LogP contribution >= 0.6 is 0 Å². The quantitative estimate of drug-likeness (QED) is 0.888. The second-order valence-electron chi connectivity index (χ2n) is 5.49. The Bertz CT molecular complexity index is 546. The third kappa shape index (κ3) is 3.02. The van der Waals surface area contributed by atoms with Crippen LogP contribution in [-0.4, -0.2) is 19.3 Å². The second-order valence-corrected chi connectivity index (χ2v) is 5.49. The van der Waals surface area contributed by atoms with Crippen molar-refractivity contribution in [2.45, 2.75) is 31.4 Å². The van der Waals surface area contributed by atoms with Crippen molar-refractivity contribution >= 4 is 5.69 Å². The van der Waals surface area contributed by atoms with Gasteiger partial charge in [-0.1, -0.05) is 48.5 Å². The Morgan fingerprint density at radius 1 is 1.00 bits per heavy atom. The summed E-state index contributed by atoms with van der Waals surface area (Å²) in [6, 6.07) is 19.8.